The molecular weight excluding hydrogens is 361 g/mol. The Labute approximate surface area is 162 Å². The van der Waals surface area contributed by atoms with Gasteiger partial charge >= 0.3 is 0 Å². The molecule has 0 radical (unpaired) electrons. The average Bonchev–Trinajstić information content (AvgIpc) is 3.14. The van der Waals surface area contributed by atoms with Gasteiger partial charge in [0.1, 0.15) is 5.82 Å². The highest BCUT2D eigenvalue weighted by atomic mass is 32.1. The van der Waals surface area contributed by atoms with Crippen LogP contribution in [0.5, 0.6) is 0 Å². The molecule has 1 N–H and O–H groups in total. The summed E-state index contributed by atoms with van der Waals surface area (Å²) < 4.78 is 15.2. The number of halogens is 1. The van der Waals surface area contributed by atoms with Crippen LogP contribution in [0, 0.1) is 19.7 Å². The Morgan fingerprint density at radius 2 is 2.04 bits per heavy atom. The largest absolute Gasteiger partial charge is 0.353 e. The predicted octanol–water partition coefficient (Wildman–Crippen LogP) is 4.14. The first kappa shape index (κ1) is 17.9. The Morgan fingerprint density at radius 3 is 2.59 bits per heavy atom. The topological polar surface area (TPSA) is 46.9 Å². The summed E-state index contributed by atoms with van der Waals surface area (Å²) in [5, 5.41) is 11.9. The molecule has 1 aliphatic carbocycles. The summed E-state index contributed by atoms with van der Waals surface area (Å²) in [6.45, 7) is 4.48. The predicted molar refractivity (Wildman–Crippen MR) is 104 cm³/mol. The van der Waals surface area contributed by atoms with Crippen LogP contribution in [-0.4, -0.2) is 22.2 Å². The van der Waals surface area contributed by atoms with E-state index in [-0.39, 0.29) is 17.8 Å². The Bertz CT molecular complexity index is 942. The summed E-state index contributed by atoms with van der Waals surface area (Å²) in [5.74, 6) is -0.270. The zero-order valence-corrected chi connectivity index (χ0v) is 16.2. The number of rotatable bonds is 6. The molecule has 2 heterocycles. The third kappa shape index (κ3) is 3.41. The van der Waals surface area contributed by atoms with E-state index in [0.717, 1.165) is 35.4 Å². The van der Waals surface area contributed by atoms with Crippen LogP contribution in [0.15, 0.2) is 47.2 Å². The summed E-state index contributed by atoms with van der Waals surface area (Å²) in [5.41, 5.74) is 3.54. The second-order valence-corrected chi connectivity index (χ2v) is 8.02. The lowest BCUT2D eigenvalue weighted by Gasteiger charge is -2.22. The minimum atomic E-state index is -0.512. The van der Waals surface area contributed by atoms with Gasteiger partial charge in [-0.15, -0.1) is 0 Å². The maximum Gasteiger partial charge on any atom is 0.230 e. The van der Waals surface area contributed by atoms with Gasteiger partial charge in [-0.3, -0.25) is 9.48 Å². The van der Waals surface area contributed by atoms with Gasteiger partial charge in [-0.2, -0.15) is 16.4 Å². The van der Waals surface area contributed by atoms with Gasteiger partial charge in [0.05, 0.1) is 17.2 Å². The lowest BCUT2D eigenvalue weighted by molar-refractivity contribution is -0.123. The van der Waals surface area contributed by atoms with Crippen LogP contribution >= 0.6 is 11.3 Å². The highest BCUT2D eigenvalue weighted by Gasteiger charge is 2.51. The number of hydrogen-bond donors (Lipinski definition) is 1. The number of nitrogens with one attached hydrogen (secondary N) is 1. The Kier molecular flexibility index (Phi) is 4.60. The minimum Gasteiger partial charge on any atom is -0.353 e. The molecular formula is C21H22FN3OS. The SMILES string of the molecule is Cc1cc(C)n(C(CNC(=O)C2(c3ccc(F)cc3)CC2)c2ccsc2)n1. The van der Waals surface area contributed by atoms with Gasteiger partial charge in [-0.25, -0.2) is 4.39 Å². The number of carbonyl (C=O) groups excluding carboxylic acids is 1. The van der Waals surface area contributed by atoms with Crippen LogP contribution < -0.4 is 5.32 Å². The van der Waals surface area contributed by atoms with Gasteiger partial charge in [0.2, 0.25) is 5.91 Å². The second-order valence-electron chi connectivity index (χ2n) is 7.24. The standard InChI is InChI=1S/C21H22FN3OS/c1-14-11-15(2)25(24-14)19(16-7-10-27-13-16)12-23-20(26)21(8-9-21)17-3-5-18(22)6-4-17/h3-7,10-11,13,19H,8-9,12H2,1-2H3,(H,23,26). The fourth-order valence-corrected chi connectivity index (χ4v) is 4.38. The summed E-state index contributed by atoms with van der Waals surface area (Å²) in [7, 11) is 0. The third-order valence-electron chi connectivity index (χ3n) is 5.31. The molecule has 2 aromatic heterocycles. The molecule has 0 aliphatic heterocycles. The molecule has 1 unspecified atom stereocenters. The maximum absolute atomic E-state index is 13.2. The van der Waals surface area contributed by atoms with Gasteiger partial charge < -0.3 is 5.32 Å². The Balaban J connectivity index is 1.54. The van der Waals surface area contributed by atoms with Crippen molar-refractivity contribution in [1.82, 2.24) is 15.1 Å². The van der Waals surface area contributed by atoms with Crippen molar-refractivity contribution < 1.29 is 9.18 Å². The number of benzene rings is 1. The second kappa shape index (κ2) is 6.93. The Morgan fingerprint density at radius 1 is 1.30 bits per heavy atom. The van der Waals surface area contributed by atoms with E-state index in [1.165, 1.54) is 12.1 Å². The quantitative estimate of drug-likeness (QED) is 0.695. The van der Waals surface area contributed by atoms with E-state index in [1.807, 2.05) is 30.0 Å². The molecule has 1 saturated carbocycles. The highest BCUT2D eigenvalue weighted by Crippen LogP contribution is 2.48. The summed E-state index contributed by atoms with van der Waals surface area (Å²) in [4.78, 5) is 13.0. The van der Waals surface area contributed by atoms with Gasteiger partial charge in [-0.05, 0) is 72.8 Å². The van der Waals surface area contributed by atoms with Crippen molar-refractivity contribution >= 4 is 17.2 Å². The van der Waals surface area contributed by atoms with Crippen LogP contribution in [0.25, 0.3) is 0 Å². The molecule has 27 heavy (non-hydrogen) atoms. The first-order valence-corrected chi connectivity index (χ1v) is 10.0. The van der Waals surface area contributed by atoms with Crippen molar-refractivity contribution in [2.24, 2.45) is 0 Å². The zero-order chi connectivity index (χ0) is 19.0. The average molecular weight is 383 g/mol. The van der Waals surface area contributed by atoms with Gasteiger partial charge in [-0.1, -0.05) is 12.1 Å². The molecule has 4 rings (SSSR count). The number of aryl methyl sites for hydroxylation is 2. The number of aromatic nitrogens is 2. The first-order chi connectivity index (χ1) is 13.0. The van der Waals surface area contributed by atoms with Crippen molar-refractivity contribution in [1.29, 1.82) is 0 Å². The summed E-state index contributed by atoms with van der Waals surface area (Å²) >= 11 is 1.64. The van der Waals surface area contributed by atoms with Gasteiger partial charge in [0.25, 0.3) is 0 Å². The van der Waals surface area contributed by atoms with Gasteiger partial charge in [0.15, 0.2) is 0 Å². The van der Waals surface area contributed by atoms with Gasteiger partial charge in [0, 0.05) is 12.2 Å². The lowest BCUT2D eigenvalue weighted by Crippen LogP contribution is -2.38. The van der Waals surface area contributed by atoms with Crippen molar-refractivity contribution in [3.05, 3.63) is 75.5 Å². The number of amides is 1. The molecule has 1 aromatic carbocycles. The molecule has 4 nitrogen and oxygen atoms in total. The minimum absolute atomic E-state index is 0.0101. The Hall–Kier alpha value is -2.47. The zero-order valence-electron chi connectivity index (χ0n) is 15.4. The number of hydrogen-bond acceptors (Lipinski definition) is 3. The fourth-order valence-electron chi connectivity index (χ4n) is 3.67. The van der Waals surface area contributed by atoms with Crippen LogP contribution in [0.1, 0.15) is 41.4 Å². The van der Waals surface area contributed by atoms with E-state index in [0.29, 0.717) is 6.54 Å². The normalized spacial score (nSPS) is 16.1. The molecule has 6 heteroatoms. The van der Waals surface area contributed by atoms with Crippen molar-refractivity contribution in [3.8, 4) is 0 Å². The monoisotopic (exact) mass is 383 g/mol. The first-order valence-electron chi connectivity index (χ1n) is 9.09. The molecule has 0 spiro atoms. The number of thiophene rings is 1. The highest BCUT2D eigenvalue weighted by molar-refractivity contribution is 7.08. The lowest BCUT2D eigenvalue weighted by atomic mass is 9.95. The van der Waals surface area contributed by atoms with Crippen LogP contribution in [0.3, 0.4) is 0 Å². The molecule has 0 saturated heterocycles. The van der Waals surface area contributed by atoms with Crippen molar-refractivity contribution in [2.45, 2.75) is 38.1 Å². The number of carbonyl (C=O) groups is 1. The van der Waals surface area contributed by atoms with E-state index >= 15 is 0 Å². The van der Waals surface area contributed by atoms with Crippen LogP contribution in [0.4, 0.5) is 4.39 Å². The van der Waals surface area contributed by atoms with Crippen LogP contribution in [-0.2, 0) is 10.2 Å². The van der Waals surface area contributed by atoms with Crippen molar-refractivity contribution in [2.75, 3.05) is 6.54 Å². The third-order valence-corrected chi connectivity index (χ3v) is 6.01. The molecule has 1 aliphatic rings. The van der Waals surface area contributed by atoms with E-state index in [1.54, 1.807) is 23.5 Å². The molecule has 1 fully saturated rings. The number of nitrogens with zero attached hydrogens (tertiary/aromatic N) is 2. The van der Waals surface area contributed by atoms with E-state index in [2.05, 4.69) is 21.9 Å². The van der Waals surface area contributed by atoms with E-state index in [9.17, 15) is 9.18 Å². The molecule has 1 atom stereocenters. The van der Waals surface area contributed by atoms with Crippen molar-refractivity contribution in [3.63, 3.8) is 0 Å². The maximum atomic E-state index is 13.2. The molecule has 0 bridgehead atoms. The summed E-state index contributed by atoms with van der Waals surface area (Å²) in [6, 6.07) is 10.4. The van der Waals surface area contributed by atoms with Crippen LogP contribution in [0.2, 0.25) is 0 Å². The summed E-state index contributed by atoms with van der Waals surface area (Å²) in [6.07, 6.45) is 1.60. The molecule has 3 aromatic rings. The molecule has 1 amide bonds. The smallest absolute Gasteiger partial charge is 0.230 e. The van der Waals surface area contributed by atoms with E-state index < -0.39 is 5.41 Å². The fraction of sp³-hybridized carbons (Fsp3) is 0.333. The molecule has 140 valence electrons. The van der Waals surface area contributed by atoms with E-state index in [4.69, 9.17) is 0 Å².